The van der Waals surface area contributed by atoms with E-state index < -0.39 is 0 Å². The van der Waals surface area contributed by atoms with Crippen LogP contribution >= 0.6 is 0 Å². The summed E-state index contributed by atoms with van der Waals surface area (Å²) in [6, 6.07) is 8.63. The largest absolute Gasteiger partial charge is 0.330 e. The average Bonchev–Trinajstić information content (AvgIpc) is 2.47. The van der Waals surface area contributed by atoms with Crippen molar-refractivity contribution in [3.8, 4) is 0 Å². The maximum Gasteiger partial charge on any atom is -0.000802 e. The molecule has 1 atom stereocenters. The van der Waals surface area contributed by atoms with Crippen molar-refractivity contribution < 1.29 is 0 Å². The Kier molecular flexibility index (Phi) is 1.66. The predicted octanol–water partition coefficient (Wildman–Crippen LogP) is 1.68. The summed E-state index contributed by atoms with van der Waals surface area (Å²) in [5.74, 6) is 0.631. The van der Waals surface area contributed by atoms with Crippen LogP contribution in [0.25, 0.3) is 0 Å². The molecular weight excluding hydrogens is 134 g/mol. The fraction of sp³-hybridized carbons (Fsp3) is 0.400. The molecular formula is C10H13N. The molecule has 2 rings (SSSR count). The number of fused-ring (bicyclic) bond motifs is 1. The Morgan fingerprint density at radius 3 is 3.00 bits per heavy atom. The van der Waals surface area contributed by atoms with Crippen LogP contribution in [-0.2, 0) is 6.42 Å². The Morgan fingerprint density at radius 1 is 1.36 bits per heavy atom. The molecule has 0 amide bonds. The first-order chi connectivity index (χ1) is 5.42. The standard InChI is InChI=1S/C10H13N/c11-7-9-6-5-8-3-1-2-4-10(8)9/h1-4,9H,5-7,11H2. The van der Waals surface area contributed by atoms with Crippen molar-refractivity contribution in [2.75, 3.05) is 6.54 Å². The Hall–Kier alpha value is -0.820. The van der Waals surface area contributed by atoms with Gasteiger partial charge in [0.2, 0.25) is 0 Å². The van der Waals surface area contributed by atoms with Gasteiger partial charge in [0.25, 0.3) is 0 Å². The summed E-state index contributed by atoms with van der Waals surface area (Å²) in [6.45, 7) is 0.803. The summed E-state index contributed by atoms with van der Waals surface area (Å²) < 4.78 is 0. The number of hydrogen-bond donors (Lipinski definition) is 1. The van der Waals surface area contributed by atoms with E-state index in [9.17, 15) is 0 Å². The molecule has 0 fully saturated rings. The van der Waals surface area contributed by atoms with Crippen LogP contribution in [0.2, 0.25) is 0 Å². The van der Waals surface area contributed by atoms with Gasteiger partial charge in [-0.25, -0.2) is 0 Å². The van der Waals surface area contributed by atoms with E-state index in [1.54, 1.807) is 0 Å². The van der Waals surface area contributed by atoms with Crippen LogP contribution in [-0.4, -0.2) is 6.54 Å². The first-order valence-corrected chi connectivity index (χ1v) is 4.19. The molecule has 0 spiro atoms. The molecule has 1 heteroatoms. The molecule has 0 heterocycles. The summed E-state index contributed by atoms with van der Waals surface area (Å²) in [4.78, 5) is 0. The molecule has 58 valence electrons. The Labute approximate surface area is 67.2 Å². The predicted molar refractivity (Wildman–Crippen MR) is 46.6 cm³/mol. The van der Waals surface area contributed by atoms with Gasteiger partial charge in [-0.15, -0.1) is 0 Å². The van der Waals surface area contributed by atoms with Gasteiger partial charge >= 0.3 is 0 Å². The monoisotopic (exact) mass is 147 g/mol. The number of benzene rings is 1. The summed E-state index contributed by atoms with van der Waals surface area (Å²) in [7, 11) is 0. The zero-order valence-electron chi connectivity index (χ0n) is 6.59. The van der Waals surface area contributed by atoms with Gasteiger partial charge in [-0.1, -0.05) is 24.3 Å². The van der Waals surface area contributed by atoms with Crippen LogP contribution in [0.4, 0.5) is 0 Å². The molecule has 0 aliphatic heterocycles. The summed E-state index contributed by atoms with van der Waals surface area (Å²) >= 11 is 0. The molecule has 0 saturated carbocycles. The SMILES string of the molecule is NCC1CCc2ccccc21. The van der Waals surface area contributed by atoms with E-state index in [0.717, 1.165) is 6.54 Å². The maximum atomic E-state index is 5.65. The third-order valence-corrected chi connectivity index (χ3v) is 2.54. The molecule has 11 heavy (non-hydrogen) atoms. The van der Waals surface area contributed by atoms with E-state index in [1.165, 1.54) is 24.0 Å². The van der Waals surface area contributed by atoms with E-state index in [-0.39, 0.29) is 0 Å². The first kappa shape index (κ1) is 6.86. The van der Waals surface area contributed by atoms with E-state index in [2.05, 4.69) is 24.3 Å². The lowest BCUT2D eigenvalue weighted by Crippen LogP contribution is -2.08. The minimum Gasteiger partial charge on any atom is -0.330 e. The van der Waals surface area contributed by atoms with Crippen LogP contribution in [0.1, 0.15) is 23.5 Å². The number of aryl methyl sites for hydroxylation is 1. The highest BCUT2D eigenvalue weighted by Crippen LogP contribution is 2.31. The van der Waals surface area contributed by atoms with Gasteiger partial charge in [-0.2, -0.15) is 0 Å². The molecule has 0 aromatic heterocycles. The van der Waals surface area contributed by atoms with E-state index >= 15 is 0 Å². The quantitative estimate of drug-likeness (QED) is 0.642. The zero-order valence-corrected chi connectivity index (χ0v) is 6.59. The highest BCUT2D eigenvalue weighted by atomic mass is 14.6. The van der Waals surface area contributed by atoms with Gasteiger partial charge in [0.05, 0.1) is 0 Å². The Bertz CT molecular complexity index is 255. The zero-order chi connectivity index (χ0) is 7.68. The van der Waals surface area contributed by atoms with Gasteiger partial charge in [0, 0.05) is 0 Å². The maximum absolute atomic E-state index is 5.65. The van der Waals surface area contributed by atoms with Gasteiger partial charge in [-0.3, -0.25) is 0 Å². The molecule has 0 radical (unpaired) electrons. The summed E-state index contributed by atoms with van der Waals surface area (Å²) in [6.07, 6.45) is 2.47. The number of hydrogen-bond acceptors (Lipinski definition) is 1. The van der Waals surface area contributed by atoms with Crippen molar-refractivity contribution >= 4 is 0 Å². The Morgan fingerprint density at radius 2 is 2.18 bits per heavy atom. The minimum absolute atomic E-state index is 0.631. The molecule has 2 N–H and O–H groups in total. The lowest BCUT2D eigenvalue weighted by molar-refractivity contribution is 0.688. The lowest BCUT2D eigenvalue weighted by Gasteiger charge is -2.06. The van der Waals surface area contributed by atoms with E-state index in [4.69, 9.17) is 5.73 Å². The normalized spacial score (nSPS) is 21.7. The molecule has 0 saturated heterocycles. The summed E-state index contributed by atoms with van der Waals surface area (Å²) in [5.41, 5.74) is 8.63. The van der Waals surface area contributed by atoms with Crippen molar-refractivity contribution in [2.45, 2.75) is 18.8 Å². The van der Waals surface area contributed by atoms with Crippen LogP contribution in [0.3, 0.4) is 0 Å². The number of nitrogens with two attached hydrogens (primary N) is 1. The van der Waals surface area contributed by atoms with Crippen molar-refractivity contribution in [3.63, 3.8) is 0 Å². The lowest BCUT2D eigenvalue weighted by atomic mass is 10.0. The second kappa shape index (κ2) is 2.67. The minimum atomic E-state index is 0.631. The smallest absolute Gasteiger partial charge is 0.000802 e. The highest BCUT2D eigenvalue weighted by molar-refractivity contribution is 5.34. The molecule has 0 bridgehead atoms. The fourth-order valence-corrected chi connectivity index (χ4v) is 1.89. The van der Waals surface area contributed by atoms with E-state index in [0.29, 0.717) is 5.92 Å². The van der Waals surface area contributed by atoms with Crippen molar-refractivity contribution in [1.29, 1.82) is 0 Å². The molecule has 1 aliphatic carbocycles. The molecule has 1 aromatic carbocycles. The second-order valence-electron chi connectivity index (χ2n) is 3.17. The van der Waals surface area contributed by atoms with Crippen LogP contribution in [0.5, 0.6) is 0 Å². The van der Waals surface area contributed by atoms with E-state index in [1.807, 2.05) is 0 Å². The Balaban J connectivity index is 2.39. The molecule has 1 unspecified atom stereocenters. The van der Waals surface area contributed by atoms with Crippen LogP contribution < -0.4 is 5.73 Å². The van der Waals surface area contributed by atoms with Gasteiger partial charge in [0.1, 0.15) is 0 Å². The number of rotatable bonds is 1. The van der Waals surface area contributed by atoms with Crippen molar-refractivity contribution in [2.24, 2.45) is 5.73 Å². The molecule has 1 nitrogen and oxygen atoms in total. The average molecular weight is 147 g/mol. The van der Waals surface area contributed by atoms with Crippen LogP contribution in [0.15, 0.2) is 24.3 Å². The van der Waals surface area contributed by atoms with Crippen LogP contribution in [0, 0.1) is 0 Å². The molecule has 1 aromatic rings. The topological polar surface area (TPSA) is 26.0 Å². The van der Waals surface area contributed by atoms with Crippen molar-refractivity contribution in [3.05, 3.63) is 35.4 Å². The first-order valence-electron chi connectivity index (χ1n) is 4.19. The highest BCUT2D eigenvalue weighted by Gasteiger charge is 2.19. The van der Waals surface area contributed by atoms with Gasteiger partial charge < -0.3 is 5.73 Å². The second-order valence-corrected chi connectivity index (χ2v) is 3.17. The third kappa shape index (κ3) is 1.05. The summed E-state index contributed by atoms with van der Waals surface area (Å²) in [5, 5.41) is 0. The third-order valence-electron chi connectivity index (χ3n) is 2.54. The fourth-order valence-electron chi connectivity index (χ4n) is 1.89. The van der Waals surface area contributed by atoms with Crippen molar-refractivity contribution in [1.82, 2.24) is 0 Å². The molecule has 1 aliphatic rings. The van der Waals surface area contributed by atoms with Gasteiger partial charge in [0.15, 0.2) is 0 Å². The van der Waals surface area contributed by atoms with Gasteiger partial charge in [-0.05, 0) is 36.4 Å².